The van der Waals surface area contributed by atoms with Crippen molar-refractivity contribution in [1.29, 1.82) is 0 Å². The molecule has 4 aromatic carbocycles. The molecule has 2 saturated carbocycles. The molecule has 0 radical (unpaired) electrons. The number of fused-ring (bicyclic) bond motifs is 16. The number of nitrogens with one attached hydrogen (secondary N) is 6. The van der Waals surface area contributed by atoms with Crippen molar-refractivity contribution in [3.63, 3.8) is 0 Å². The summed E-state index contributed by atoms with van der Waals surface area (Å²) in [7, 11) is 7.22. The van der Waals surface area contributed by atoms with Crippen molar-refractivity contribution in [2.24, 2.45) is 34.1 Å². The van der Waals surface area contributed by atoms with Gasteiger partial charge in [-0.25, -0.2) is 57.4 Å². The number of aryl methyl sites for hydroxylation is 4. The normalized spacial score (nSPS) is 21.5. The Hall–Kier alpha value is -13.3. The van der Waals surface area contributed by atoms with Crippen LogP contribution in [0.4, 0.5) is 63.6 Å². The van der Waals surface area contributed by atoms with E-state index in [0.717, 1.165) is 226 Å². The second-order valence-corrected chi connectivity index (χ2v) is 35.9. The second-order valence-electron chi connectivity index (χ2n) is 35.9. The number of aromatic nitrogens is 16. The summed E-state index contributed by atoms with van der Waals surface area (Å²) >= 11 is 0. The Bertz CT molecular complexity index is 6410. The lowest BCUT2D eigenvalue weighted by atomic mass is 9.86. The van der Waals surface area contributed by atoms with Gasteiger partial charge in [-0.15, -0.1) is 0 Å². The molecule has 1 unspecified atom stereocenters. The van der Waals surface area contributed by atoms with Crippen LogP contribution in [0.3, 0.4) is 0 Å². The van der Waals surface area contributed by atoms with Gasteiger partial charge in [0.2, 0.25) is 0 Å². The first-order valence-corrected chi connectivity index (χ1v) is 44.0. The zero-order valence-corrected chi connectivity index (χ0v) is 73.0. The second kappa shape index (κ2) is 32.8. The summed E-state index contributed by atoms with van der Waals surface area (Å²) in [6, 6.07) is 15.0. The number of piperidine rings is 1. The Labute approximate surface area is 741 Å². The van der Waals surface area contributed by atoms with Crippen LogP contribution in [0, 0.1) is 73.6 Å². The van der Waals surface area contributed by atoms with Crippen LogP contribution in [0.1, 0.15) is 114 Å². The molecular formula is C93H98F4N28O4. The lowest BCUT2D eigenvalue weighted by molar-refractivity contribution is 0.356. The molecule has 8 aromatic heterocycles. The number of benzene rings is 4. The Kier molecular flexibility index (Phi) is 21.0. The first-order valence-electron chi connectivity index (χ1n) is 44.0. The van der Waals surface area contributed by atoms with Crippen molar-refractivity contribution in [3.05, 3.63) is 190 Å². The van der Waals surface area contributed by atoms with Gasteiger partial charge in [-0.1, -0.05) is 6.92 Å². The summed E-state index contributed by atoms with van der Waals surface area (Å²) < 4.78 is 81.7. The van der Waals surface area contributed by atoms with Crippen LogP contribution < -0.4 is 81.9 Å². The minimum absolute atomic E-state index is 0.101. The molecule has 24 rings (SSSR count). The average Bonchev–Trinajstić information content (AvgIpc) is 1.58. The summed E-state index contributed by atoms with van der Waals surface area (Å²) in [5.74, 6) is 7.63. The van der Waals surface area contributed by atoms with Crippen molar-refractivity contribution in [3.8, 4) is 91.5 Å². The van der Waals surface area contributed by atoms with Gasteiger partial charge in [-0.05, 0) is 184 Å². The van der Waals surface area contributed by atoms with E-state index in [2.05, 4.69) is 98.3 Å². The maximum absolute atomic E-state index is 14.5. The summed E-state index contributed by atoms with van der Waals surface area (Å²) in [5.41, 5.74) is 30.6. The number of ether oxygens (including phenoxy) is 4. The number of nitrogens with zero attached hydrogens (tertiary/aromatic N) is 20. The highest BCUT2D eigenvalue weighted by Gasteiger charge is 2.55. The first-order chi connectivity index (χ1) is 62.5. The van der Waals surface area contributed by atoms with Gasteiger partial charge >= 0.3 is 24.0 Å². The summed E-state index contributed by atoms with van der Waals surface area (Å²) in [5, 5.41) is 19.7. The van der Waals surface area contributed by atoms with Crippen LogP contribution in [-0.4, -0.2) is 197 Å². The summed E-state index contributed by atoms with van der Waals surface area (Å²) in [4.78, 5) is 80.8. The van der Waals surface area contributed by atoms with Gasteiger partial charge < -0.3 is 81.9 Å². The van der Waals surface area contributed by atoms with Crippen molar-refractivity contribution < 1.29 is 36.5 Å². The van der Waals surface area contributed by atoms with E-state index in [-0.39, 0.29) is 70.2 Å². The third-order valence-corrected chi connectivity index (χ3v) is 27.6. The van der Waals surface area contributed by atoms with E-state index in [0.29, 0.717) is 108 Å². The molecule has 6 saturated heterocycles. The molecule has 12 aliphatic rings. The molecule has 662 valence electrons. The number of rotatable bonds is 16. The molecule has 6 aliphatic carbocycles. The lowest BCUT2D eigenvalue weighted by Gasteiger charge is -2.32. The van der Waals surface area contributed by atoms with Crippen LogP contribution in [0.25, 0.3) is 44.5 Å². The SMILES string of the molecule is CNc1cc(F)cc2c1Cc1nc(Oc3cnc(C)nc3)nc(N3C[C@@H]4NCC[C@]4(C)C3)c1-2.CNc1cc(F)cc2c1Cc1nc(Oc3cnc(C)nc3)nc(N3C[C@H](N)C4(CC4)C3)c1-2.CNc1cc(F)cc2c1Cc1nc(Oc3cnc(C)nc3)nc(N3C[C@H]4CC3C[C@H]4N)c1-2.CNc1cc(F)cc2c1Cc1nc(Oc3cnc(C)nc3)nc(N3C[C@H]4CCN[C@H]4C3)c1-2. The number of hydrogen-bond donors (Lipinski definition) is 8. The average molecular weight is 1750 g/mol. The van der Waals surface area contributed by atoms with E-state index in [4.69, 9.17) is 70.3 Å². The minimum atomic E-state index is -0.291. The van der Waals surface area contributed by atoms with Crippen LogP contribution in [0.15, 0.2) is 98.1 Å². The summed E-state index contributed by atoms with van der Waals surface area (Å²) in [6.07, 6.45) is 21.8. The van der Waals surface area contributed by atoms with E-state index in [9.17, 15) is 17.6 Å². The predicted molar refractivity (Wildman–Crippen MR) is 479 cm³/mol. The largest absolute Gasteiger partial charge is 0.421 e. The fourth-order valence-corrected chi connectivity index (χ4v) is 20.9. The van der Waals surface area contributed by atoms with Crippen molar-refractivity contribution in [1.82, 2.24) is 90.4 Å². The fraction of sp³-hybridized carbons (Fsp3) is 0.398. The molecule has 0 amide bonds. The predicted octanol–water partition coefficient (Wildman–Crippen LogP) is 12.3. The molecular weight excluding hydrogens is 1650 g/mol. The first kappa shape index (κ1) is 82.6. The molecule has 8 fully saturated rings. The highest BCUT2D eigenvalue weighted by molar-refractivity contribution is 5.92. The van der Waals surface area contributed by atoms with Gasteiger partial charge in [0.25, 0.3) is 0 Å². The number of anilines is 8. The highest BCUT2D eigenvalue weighted by Crippen LogP contribution is 2.57. The molecule has 36 heteroatoms. The third-order valence-electron chi connectivity index (χ3n) is 27.6. The molecule has 12 aromatic rings. The zero-order chi connectivity index (χ0) is 88.6. The van der Waals surface area contributed by atoms with E-state index < -0.39 is 0 Å². The van der Waals surface area contributed by atoms with Crippen molar-refractivity contribution in [2.45, 2.75) is 129 Å². The molecule has 2 bridgehead atoms. The summed E-state index contributed by atoms with van der Waals surface area (Å²) in [6.45, 7) is 17.6. The quantitative estimate of drug-likeness (QED) is 0.0417. The van der Waals surface area contributed by atoms with Crippen LogP contribution >= 0.6 is 0 Å². The molecule has 6 aliphatic heterocycles. The van der Waals surface area contributed by atoms with Gasteiger partial charge in [0, 0.05) is 186 Å². The van der Waals surface area contributed by atoms with Crippen molar-refractivity contribution in [2.75, 3.05) is 128 Å². The molecule has 10 N–H and O–H groups in total. The molecule has 32 nitrogen and oxygen atoms in total. The minimum Gasteiger partial charge on any atom is -0.421 e. The van der Waals surface area contributed by atoms with E-state index >= 15 is 0 Å². The van der Waals surface area contributed by atoms with Crippen LogP contribution in [-0.2, 0) is 25.7 Å². The van der Waals surface area contributed by atoms with Gasteiger partial charge in [0.1, 0.15) is 69.8 Å². The maximum atomic E-state index is 14.5. The smallest absolute Gasteiger partial charge is 0.324 e. The Morgan fingerprint density at radius 2 is 0.775 bits per heavy atom. The third kappa shape index (κ3) is 15.5. The van der Waals surface area contributed by atoms with Crippen molar-refractivity contribution >= 4 is 46.0 Å². The van der Waals surface area contributed by atoms with Gasteiger partial charge in [0.15, 0.2) is 23.0 Å². The van der Waals surface area contributed by atoms with Crippen LogP contribution in [0.2, 0.25) is 0 Å². The Morgan fingerprint density at radius 3 is 1.12 bits per heavy atom. The molecule has 1 spiro atoms. The van der Waals surface area contributed by atoms with Gasteiger partial charge in [-0.2, -0.15) is 39.9 Å². The molecule has 8 atom stereocenters. The Balaban J connectivity index is 0.000000104. The van der Waals surface area contributed by atoms with E-state index in [1.54, 1.807) is 87.9 Å². The monoisotopic (exact) mass is 1750 g/mol. The highest BCUT2D eigenvalue weighted by atomic mass is 19.1. The van der Waals surface area contributed by atoms with E-state index in [1.165, 1.54) is 24.3 Å². The topological polar surface area (TPSA) is 380 Å². The van der Waals surface area contributed by atoms with Gasteiger partial charge in [-0.3, -0.25) is 0 Å². The molecule has 129 heavy (non-hydrogen) atoms. The number of halogens is 4. The number of nitrogens with two attached hydrogens (primary N) is 2. The Morgan fingerprint density at radius 1 is 0.403 bits per heavy atom. The van der Waals surface area contributed by atoms with E-state index in [1.807, 2.05) is 41.8 Å². The van der Waals surface area contributed by atoms with Gasteiger partial charge in [0.05, 0.1) is 72.4 Å². The standard InChI is InChI=1S/C24H26FN7O.3C23H24FN7O/c1-13-28-9-15(10-29-13)33-23-30-19-8-16-17(6-14(25)7-18(16)26-3)21(19)22(31-23)32-11-20-24(2,12-32)4-5-27-20;1-11-27-8-15(9-28-11)32-23-29-20-7-16-17(4-13(24)5-19(16)26-2)21(20)22(30-23)31-10-12-3-14(31)6-18(12)25;1-12-27-8-14(9-28-12)32-22-29-18-7-15-16(5-13(24)6-17(15)26-2)20(18)21(30-22)31-10-19(25)23(11-31)3-4-23;1-12-27-8-15(9-28-12)32-23-29-19-7-16-17(5-14(24)6-18(16)25-2)21(19)22(30-23)31-10-13-3-4-26-20(13)11-31/h6-7,9-10,20,26-27H,4-5,8,11-12H2,1-3H3;4-5,8-9,12,14,18,26H,3,6-7,10,25H2,1-2H3;5-6,8-9,19,26H,3-4,7,10-11,25H2,1-2H3;5-6,8-9,13,20,25-26H,3-4,7,10-11H2,1-2H3/t20-,24+;12-,14?,18-;19-;13-,20+/m0101/s1. The van der Waals surface area contributed by atoms with Crippen LogP contribution in [0.5, 0.6) is 47.0 Å². The maximum Gasteiger partial charge on any atom is 0.324 e. The fourth-order valence-electron chi connectivity index (χ4n) is 20.9. The lowest BCUT2D eigenvalue weighted by Crippen LogP contribution is -2.41. The number of hydrogen-bond acceptors (Lipinski definition) is 32. The zero-order valence-electron chi connectivity index (χ0n) is 73.0. The molecule has 14 heterocycles.